The van der Waals surface area contributed by atoms with E-state index in [1.807, 2.05) is 18.2 Å². The zero-order valence-electron chi connectivity index (χ0n) is 7.06. The largest absolute Gasteiger partial charge is 0.0921 e. The molecule has 0 aliphatic carbocycles. The van der Waals surface area contributed by atoms with Crippen molar-refractivity contribution >= 4 is 27.5 Å². The van der Waals surface area contributed by atoms with Crippen molar-refractivity contribution in [2.45, 2.75) is 19.3 Å². The standard InChI is InChI=1S/C10H12BrCl/c1-2-8(7-11)9-4-3-5-10(12)6-9/h3-6,8H,2,7H2,1H3. The summed E-state index contributed by atoms with van der Waals surface area (Å²) in [4.78, 5) is 0. The maximum absolute atomic E-state index is 5.89. The third-order valence-corrected chi connectivity index (χ3v) is 3.02. The molecular formula is C10H12BrCl. The van der Waals surface area contributed by atoms with Crippen molar-refractivity contribution in [3.8, 4) is 0 Å². The predicted molar refractivity (Wildman–Crippen MR) is 58.3 cm³/mol. The van der Waals surface area contributed by atoms with E-state index in [1.165, 1.54) is 5.56 Å². The summed E-state index contributed by atoms with van der Waals surface area (Å²) in [6.45, 7) is 2.19. The van der Waals surface area contributed by atoms with Gasteiger partial charge in [-0.25, -0.2) is 0 Å². The quantitative estimate of drug-likeness (QED) is 0.701. The summed E-state index contributed by atoms with van der Waals surface area (Å²) in [6.07, 6.45) is 1.14. The highest BCUT2D eigenvalue weighted by molar-refractivity contribution is 9.09. The SMILES string of the molecule is CCC(CBr)c1cccc(Cl)c1. The number of rotatable bonds is 3. The Morgan fingerprint density at radius 2 is 2.25 bits per heavy atom. The Bertz CT molecular complexity index is 243. The van der Waals surface area contributed by atoms with Gasteiger partial charge in [-0.3, -0.25) is 0 Å². The summed E-state index contributed by atoms with van der Waals surface area (Å²) in [6, 6.07) is 8.08. The molecule has 0 saturated carbocycles. The molecule has 1 aromatic rings. The molecule has 12 heavy (non-hydrogen) atoms. The second-order valence-corrected chi connectivity index (χ2v) is 3.90. The van der Waals surface area contributed by atoms with E-state index < -0.39 is 0 Å². The van der Waals surface area contributed by atoms with E-state index >= 15 is 0 Å². The van der Waals surface area contributed by atoms with Crippen LogP contribution in [-0.2, 0) is 0 Å². The minimum atomic E-state index is 0.587. The van der Waals surface area contributed by atoms with Gasteiger partial charge in [-0.05, 0) is 30.0 Å². The molecule has 0 amide bonds. The molecule has 1 unspecified atom stereocenters. The number of benzene rings is 1. The van der Waals surface area contributed by atoms with Gasteiger partial charge in [-0.1, -0.05) is 46.6 Å². The average molecular weight is 248 g/mol. The Balaban J connectivity index is 2.85. The summed E-state index contributed by atoms with van der Waals surface area (Å²) in [7, 11) is 0. The van der Waals surface area contributed by atoms with E-state index in [1.54, 1.807) is 0 Å². The summed E-state index contributed by atoms with van der Waals surface area (Å²) in [5.41, 5.74) is 1.32. The van der Waals surface area contributed by atoms with E-state index in [0.29, 0.717) is 5.92 Å². The number of halogens is 2. The molecule has 66 valence electrons. The molecule has 1 rings (SSSR count). The third-order valence-electron chi connectivity index (χ3n) is 2.00. The lowest BCUT2D eigenvalue weighted by Crippen LogP contribution is -1.97. The van der Waals surface area contributed by atoms with Crippen LogP contribution in [-0.4, -0.2) is 5.33 Å². The summed E-state index contributed by atoms with van der Waals surface area (Å²) < 4.78 is 0. The molecule has 0 radical (unpaired) electrons. The molecule has 1 aromatic carbocycles. The van der Waals surface area contributed by atoms with Crippen LogP contribution in [0.1, 0.15) is 24.8 Å². The first kappa shape index (κ1) is 10.1. The van der Waals surface area contributed by atoms with Crippen LogP contribution in [0.3, 0.4) is 0 Å². The van der Waals surface area contributed by atoms with Crippen molar-refractivity contribution in [2.24, 2.45) is 0 Å². The topological polar surface area (TPSA) is 0 Å². The smallest absolute Gasteiger partial charge is 0.0408 e. The normalized spacial score (nSPS) is 12.9. The highest BCUT2D eigenvalue weighted by Crippen LogP contribution is 2.23. The van der Waals surface area contributed by atoms with Crippen molar-refractivity contribution in [3.63, 3.8) is 0 Å². The Labute approximate surface area is 87.1 Å². The van der Waals surface area contributed by atoms with E-state index in [2.05, 4.69) is 28.9 Å². The van der Waals surface area contributed by atoms with Crippen molar-refractivity contribution in [1.29, 1.82) is 0 Å². The van der Waals surface area contributed by atoms with Crippen molar-refractivity contribution in [3.05, 3.63) is 34.9 Å². The minimum absolute atomic E-state index is 0.587. The number of hydrogen-bond acceptors (Lipinski definition) is 0. The fourth-order valence-electron chi connectivity index (χ4n) is 1.19. The van der Waals surface area contributed by atoms with Gasteiger partial charge in [0.05, 0.1) is 0 Å². The monoisotopic (exact) mass is 246 g/mol. The van der Waals surface area contributed by atoms with E-state index in [-0.39, 0.29) is 0 Å². The summed E-state index contributed by atoms with van der Waals surface area (Å²) in [5.74, 6) is 0.587. The fraction of sp³-hybridized carbons (Fsp3) is 0.400. The molecule has 0 nitrogen and oxygen atoms in total. The zero-order chi connectivity index (χ0) is 8.97. The molecule has 0 aromatic heterocycles. The highest BCUT2D eigenvalue weighted by atomic mass is 79.9. The van der Waals surface area contributed by atoms with E-state index in [4.69, 9.17) is 11.6 Å². The zero-order valence-corrected chi connectivity index (χ0v) is 9.40. The van der Waals surface area contributed by atoms with E-state index in [0.717, 1.165) is 16.8 Å². The van der Waals surface area contributed by atoms with Crippen LogP contribution in [0.25, 0.3) is 0 Å². The van der Waals surface area contributed by atoms with Gasteiger partial charge in [0.2, 0.25) is 0 Å². The first-order chi connectivity index (χ1) is 5.77. The molecule has 1 atom stereocenters. The molecule has 0 aliphatic heterocycles. The second-order valence-electron chi connectivity index (χ2n) is 2.81. The van der Waals surface area contributed by atoms with Gasteiger partial charge < -0.3 is 0 Å². The third kappa shape index (κ3) is 2.49. The Kier molecular flexibility index (Phi) is 4.10. The van der Waals surface area contributed by atoms with Gasteiger partial charge in [-0.2, -0.15) is 0 Å². The molecule has 0 saturated heterocycles. The number of hydrogen-bond donors (Lipinski definition) is 0. The van der Waals surface area contributed by atoms with Crippen molar-refractivity contribution in [2.75, 3.05) is 5.33 Å². The van der Waals surface area contributed by atoms with Crippen LogP contribution in [0.5, 0.6) is 0 Å². The van der Waals surface area contributed by atoms with Crippen molar-refractivity contribution in [1.82, 2.24) is 0 Å². The molecule has 0 N–H and O–H groups in total. The van der Waals surface area contributed by atoms with Crippen LogP contribution < -0.4 is 0 Å². The maximum Gasteiger partial charge on any atom is 0.0408 e. The Hall–Kier alpha value is -0.0100. The average Bonchev–Trinajstić information content (AvgIpc) is 2.07. The van der Waals surface area contributed by atoms with Crippen LogP contribution >= 0.6 is 27.5 Å². The first-order valence-electron chi connectivity index (χ1n) is 4.09. The van der Waals surface area contributed by atoms with E-state index in [9.17, 15) is 0 Å². The van der Waals surface area contributed by atoms with Gasteiger partial charge in [0.25, 0.3) is 0 Å². The predicted octanol–water partition coefficient (Wildman–Crippen LogP) is 4.23. The molecule has 0 heterocycles. The van der Waals surface area contributed by atoms with Crippen LogP contribution in [0.15, 0.2) is 24.3 Å². The van der Waals surface area contributed by atoms with Crippen LogP contribution in [0.2, 0.25) is 5.02 Å². The van der Waals surface area contributed by atoms with Gasteiger partial charge in [0.1, 0.15) is 0 Å². The minimum Gasteiger partial charge on any atom is -0.0921 e. The fourth-order valence-corrected chi connectivity index (χ4v) is 2.22. The van der Waals surface area contributed by atoms with Gasteiger partial charge in [-0.15, -0.1) is 0 Å². The molecule has 0 aliphatic rings. The Morgan fingerprint density at radius 3 is 2.75 bits per heavy atom. The lowest BCUT2D eigenvalue weighted by atomic mass is 9.99. The van der Waals surface area contributed by atoms with Crippen LogP contribution in [0, 0.1) is 0 Å². The lowest BCUT2D eigenvalue weighted by molar-refractivity contribution is 0.749. The van der Waals surface area contributed by atoms with Gasteiger partial charge in [0.15, 0.2) is 0 Å². The highest BCUT2D eigenvalue weighted by Gasteiger charge is 2.06. The first-order valence-corrected chi connectivity index (χ1v) is 5.59. The molecule has 0 bridgehead atoms. The molecular weight excluding hydrogens is 235 g/mol. The summed E-state index contributed by atoms with van der Waals surface area (Å²) in [5, 5.41) is 1.83. The second kappa shape index (κ2) is 4.88. The van der Waals surface area contributed by atoms with Gasteiger partial charge >= 0.3 is 0 Å². The maximum atomic E-state index is 5.89. The molecule has 2 heteroatoms. The van der Waals surface area contributed by atoms with Crippen molar-refractivity contribution < 1.29 is 0 Å². The summed E-state index contributed by atoms with van der Waals surface area (Å²) >= 11 is 9.38. The Morgan fingerprint density at radius 1 is 1.50 bits per heavy atom. The number of alkyl halides is 1. The lowest BCUT2D eigenvalue weighted by Gasteiger charge is -2.11. The van der Waals surface area contributed by atoms with Crippen LogP contribution in [0.4, 0.5) is 0 Å². The molecule has 0 fully saturated rings. The molecule has 0 spiro atoms. The van der Waals surface area contributed by atoms with Gasteiger partial charge in [0, 0.05) is 10.4 Å².